The molecule has 0 aliphatic heterocycles. The van der Waals surface area contributed by atoms with Crippen molar-refractivity contribution in [1.82, 2.24) is 0 Å². The molecule has 0 saturated heterocycles. The minimum absolute atomic E-state index is 0.153. The topological polar surface area (TPSA) is 54.0 Å². The maximum absolute atomic E-state index is 13.9. The lowest BCUT2D eigenvalue weighted by molar-refractivity contribution is -0.137. The van der Waals surface area contributed by atoms with Gasteiger partial charge in [0.25, 0.3) is 0 Å². The number of esters is 1. The zero-order chi connectivity index (χ0) is 21.6. The lowest BCUT2D eigenvalue weighted by Gasteiger charge is -2.17. The van der Waals surface area contributed by atoms with Crippen molar-refractivity contribution >= 4 is 5.97 Å². The number of carbonyl (C=O) groups excluding carboxylic acids is 1. The molecule has 1 unspecified atom stereocenters. The predicted molar refractivity (Wildman–Crippen MR) is 99.4 cm³/mol. The van der Waals surface area contributed by atoms with Crippen LogP contribution in [0.3, 0.4) is 0 Å². The molecule has 5 nitrogen and oxygen atoms in total. The minimum atomic E-state index is -1.30. The maximum atomic E-state index is 13.9. The highest BCUT2D eigenvalue weighted by atomic mass is 19.2. The third-order valence-electron chi connectivity index (χ3n) is 3.90. The molecule has 0 saturated carbocycles. The predicted octanol–water partition coefficient (Wildman–Crippen LogP) is 5.07. The molecule has 0 radical (unpaired) electrons. The number of ether oxygens (including phenoxy) is 4. The fourth-order valence-corrected chi connectivity index (χ4v) is 2.36. The zero-order valence-electron chi connectivity index (χ0n) is 16.4. The van der Waals surface area contributed by atoms with Crippen molar-refractivity contribution in [3.63, 3.8) is 0 Å². The number of carbonyl (C=O) groups is 1. The van der Waals surface area contributed by atoms with E-state index < -0.39 is 40.8 Å². The molecule has 0 bridgehead atoms. The van der Waals surface area contributed by atoms with Crippen LogP contribution in [0, 0.1) is 24.4 Å². The molecular weight excluding hydrogens is 389 g/mol. The lowest BCUT2D eigenvalue weighted by atomic mass is 10.2. The average molecular weight is 410 g/mol. The van der Waals surface area contributed by atoms with Crippen LogP contribution in [0.15, 0.2) is 42.2 Å². The van der Waals surface area contributed by atoms with Gasteiger partial charge in [0.1, 0.15) is 23.1 Å². The van der Waals surface area contributed by atoms with Crippen LogP contribution in [0.1, 0.15) is 19.4 Å². The highest BCUT2D eigenvalue weighted by Crippen LogP contribution is 2.30. The average Bonchev–Trinajstić information content (AvgIpc) is 2.70. The minimum Gasteiger partial charge on any atom is -0.497 e. The molecule has 2 aromatic carbocycles. The number of rotatable bonds is 8. The first-order valence-corrected chi connectivity index (χ1v) is 8.77. The van der Waals surface area contributed by atoms with Gasteiger partial charge in [-0.25, -0.2) is 13.6 Å². The molecule has 8 heteroatoms. The summed E-state index contributed by atoms with van der Waals surface area (Å²) in [5, 5.41) is 0. The van der Waals surface area contributed by atoms with Gasteiger partial charge in [0, 0.05) is 11.6 Å². The highest BCUT2D eigenvalue weighted by molar-refractivity contribution is 5.82. The second-order valence-corrected chi connectivity index (χ2v) is 5.95. The Hall–Kier alpha value is -3.16. The maximum Gasteiger partial charge on any atom is 0.334 e. The van der Waals surface area contributed by atoms with Crippen LogP contribution in [0.4, 0.5) is 13.2 Å². The fraction of sp³-hybridized carbons (Fsp3) is 0.286. The van der Waals surface area contributed by atoms with Crippen molar-refractivity contribution in [2.45, 2.75) is 26.9 Å². The Balaban J connectivity index is 2.10. The Bertz CT molecular complexity index is 894. The van der Waals surface area contributed by atoms with Crippen LogP contribution in [0.25, 0.3) is 0 Å². The second kappa shape index (κ2) is 9.86. The first-order chi connectivity index (χ1) is 13.8. The number of methoxy groups -OCH3 is 1. The van der Waals surface area contributed by atoms with Gasteiger partial charge in [-0.2, -0.15) is 4.39 Å². The molecule has 0 aromatic heterocycles. The fourth-order valence-electron chi connectivity index (χ4n) is 2.36. The van der Waals surface area contributed by atoms with Crippen molar-refractivity contribution < 1.29 is 36.9 Å². The standard InChI is InChI=1S/C21H21F3O5/c1-5-27-19(25)11-17(26-4)13(3)28-14-6-8-15(9-7-14)29-18-10-16(22)12(2)20(23)21(18)24/h6-11,13H,5H2,1-4H3. The first kappa shape index (κ1) is 22.1. The third-order valence-corrected chi connectivity index (χ3v) is 3.90. The molecule has 0 aliphatic carbocycles. The molecule has 29 heavy (non-hydrogen) atoms. The zero-order valence-corrected chi connectivity index (χ0v) is 16.4. The summed E-state index contributed by atoms with van der Waals surface area (Å²) in [7, 11) is 1.40. The largest absolute Gasteiger partial charge is 0.497 e. The van der Waals surface area contributed by atoms with Crippen molar-refractivity contribution in [2.24, 2.45) is 0 Å². The summed E-state index contributed by atoms with van der Waals surface area (Å²) in [6, 6.07) is 6.70. The molecule has 0 amide bonds. The second-order valence-electron chi connectivity index (χ2n) is 5.95. The lowest BCUT2D eigenvalue weighted by Crippen LogP contribution is -2.18. The Morgan fingerprint density at radius 1 is 1.10 bits per heavy atom. The van der Waals surface area contributed by atoms with Gasteiger partial charge in [-0.3, -0.25) is 0 Å². The molecule has 2 aromatic rings. The number of hydrogen-bond acceptors (Lipinski definition) is 5. The van der Waals surface area contributed by atoms with Crippen LogP contribution in [-0.4, -0.2) is 25.8 Å². The van der Waals surface area contributed by atoms with E-state index in [9.17, 15) is 18.0 Å². The van der Waals surface area contributed by atoms with Gasteiger partial charge in [0.2, 0.25) is 5.82 Å². The van der Waals surface area contributed by atoms with Crippen LogP contribution in [0.2, 0.25) is 0 Å². The molecule has 0 aliphatic rings. The van der Waals surface area contributed by atoms with Crippen molar-refractivity contribution in [3.8, 4) is 17.2 Å². The Morgan fingerprint density at radius 2 is 1.72 bits per heavy atom. The molecule has 0 N–H and O–H groups in total. The van der Waals surface area contributed by atoms with E-state index in [0.29, 0.717) is 5.75 Å². The van der Waals surface area contributed by atoms with Crippen molar-refractivity contribution in [3.05, 3.63) is 65.2 Å². The molecular formula is C21H21F3O5. The van der Waals surface area contributed by atoms with E-state index in [1.807, 2.05) is 0 Å². The van der Waals surface area contributed by atoms with E-state index in [-0.39, 0.29) is 18.1 Å². The van der Waals surface area contributed by atoms with Gasteiger partial charge in [-0.1, -0.05) is 0 Å². The van der Waals surface area contributed by atoms with Gasteiger partial charge in [-0.15, -0.1) is 0 Å². The van der Waals surface area contributed by atoms with E-state index >= 15 is 0 Å². The van der Waals surface area contributed by atoms with Crippen molar-refractivity contribution in [1.29, 1.82) is 0 Å². The van der Waals surface area contributed by atoms with Crippen LogP contribution >= 0.6 is 0 Å². The van der Waals surface area contributed by atoms with Gasteiger partial charge in [0.15, 0.2) is 17.7 Å². The highest BCUT2D eigenvalue weighted by Gasteiger charge is 2.18. The van der Waals surface area contributed by atoms with E-state index in [4.69, 9.17) is 18.9 Å². The summed E-state index contributed by atoms with van der Waals surface area (Å²) in [4.78, 5) is 11.5. The quantitative estimate of drug-likeness (QED) is 0.263. The molecule has 0 fully saturated rings. The summed E-state index contributed by atoms with van der Waals surface area (Å²) < 4.78 is 62.1. The summed E-state index contributed by atoms with van der Waals surface area (Å²) in [5.74, 6) is -3.78. The van der Waals surface area contributed by atoms with E-state index in [0.717, 1.165) is 13.0 Å². The van der Waals surface area contributed by atoms with E-state index in [1.165, 1.54) is 37.5 Å². The molecule has 156 valence electrons. The van der Waals surface area contributed by atoms with Gasteiger partial charge < -0.3 is 18.9 Å². The van der Waals surface area contributed by atoms with Gasteiger partial charge >= 0.3 is 5.97 Å². The summed E-state index contributed by atoms with van der Waals surface area (Å²) in [6.07, 6.45) is 0.587. The molecule has 0 heterocycles. The van der Waals surface area contributed by atoms with Crippen LogP contribution in [-0.2, 0) is 14.3 Å². The SMILES string of the molecule is CCOC(=O)C=C(OC)C(C)Oc1ccc(Oc2cc(F)c(C)c(F)c2F)cc1. The smallest absolute Gasteiger partial charge is 0.334 e. The van der Waals surface area contributed by atoms with Gasteiger partial charge in [0.05, 0.1) is 19.8 Å². The molecule has 2 rings (SSSR count). The van der Waals surface area contributed by atoms with Crippen molar-refractivity contribution in [2.75, 3.05) is 13.7 Å². The Kier molecular flexibility index (Phi) is 7.52. The van der Waals surface area contributed by atoms with Crippen LogP contribution < -0.4 is 9.47 Å². The summed E-state index contributed by atoms with van der Waals surface area (Å²) >= 11 is 0. The summed E-state index contributed by atoms with van der Waals surface area (Å²) in [6.45, 7) is 4.73. The van der Waals surface area contributed by atoms with E-state index in [2.05, 4.69) is 0 Å². The number of halogens is 3. The normalized spacial score (nSPS) is 12.3. The molecule has 1 atom stereocenters. The first-order valence-electron chi connectivity index (χ1n) is 8.77. The number of benzene rings is 2. The van der Waals surface area contributed by atoms with Crippen LogP contribution in [0.5, 0.6) is 17.2 Å². The number of hydrogen-bond donors (Lipinski definition) is 0. The Labute approximate surface area is 166 Å². The van der Waals surface area contributed by atoms with E-state index in [1.54, 1.807) is 13.8 Å². The summed E-state index contributed by atoms with van der Waals surface area (Å²) in [5.41, 5.74) is -0.419. The monoisotopic (exact) mass is 410 g/mol. The van der Waals surface area contributed by atoms with Gasteiger partial charge in [-0.05, 0) is 45.0 Å². The Morgan fingerprint density at radius 3 is 2.31 bits per heavy atom. The third kappa shape index (κ3) is 5.66. The molecule has 0 spiro atoms.